The summed E-state index contributed by atoms with van der Waals surface area (Å²) in [6, 6.07) is 1.44. The summed E-state index contributed by atoms with van der Waals surface area (Å²) < 4.78 is 6.96. The molecule has 1 aliphatic rings. The van der Waals surface area contributed by atoms with Crippen LogP contribution in [-0.2, 0) is 11.8 Å². The van der Waals surface area contributed by atoms with E-state index in [4.69, 9.17) is 9.84 Å². The molecule has 0 amide bonds. The Morgan fingerprint density at radius 1 is 1.56 bits per heavy atom. The molecule has 1 aromatic heterocycles. The molecule has 1 fully saturated rings. The van der Waals surface area contributed by atoms with E-state index in [2.05, 4.69) is 0 Å². The number of aryl methyl sites for hydroxylation is 1. The molecule has 5 nitrogen and oxygen atoms in total. The number of nitrogens with zero attached hydrogens (tertiary/aromatic N) is 1. The largest absolute Gasteiger partial charge is 0.477 e. The highest BCUT2D eigenvalue weighted by Gasteiger charge is 2.34. The minimum atomic E-state index is -1.02. The number of carbonyl (C=O) groups is 2. The number of ketones is 1. The predicted octanol–water partition coefficient (Wildman–Crippen LogP) is 1.72. The minimum Gasteiger partial charge on any atom is -0.477 e. The highest BCUT2D eigenvalue weighted by Crippen LogP contribution is 2.27. The van der Waals surface area contributed by atoms with Crippen molar-refractivity contribution in [2.45, 2.75) is 25.9 Å². The second-order valence-electron chi connectivity index (χ2n) is 4.61. The maximum atomic E-state index is 12.3. The molecule has 1 saturated heterocycles. The molecule has 0 spiro atoms. The molecule has 0 aliphatic carbocycles. The smallest absolute Gasteiger partial charge is 0.352 e. The van der Waals surface area contributed by atoms with E-state index in [1.54, 1.807) is 13.2 Å². The van der Waals surface area contributed by atoms with E-state index in [0.717, 1.165) is 6.42 Å². The number of rotatable bonds is 4. The van der Waals surface area contributed by atoms with E-state index < -0.39 is 5.97 Å². The summed E-state index contributed by atoms with van der Waals surface area (Å²) in [5, 5.41) is 8.97. The fourth-order valence-electron chi connectivity index (χ4n) is 2.48. The number of hydrogen-bond donors (Lipinski definition) is 1. The normalized spacial score (nSPS) is 23.2. The lowest BCUT2D eigenvalue weighted by atomic mass is 9.91. The summed E-state index contributed by atoms with van der Waals surface area (Å²) >= 11 is 0. The molecule has 0 radical (unpaired) electrons. The van der Waals surface area contributed by atoms with Crippen LogP contribution in [-0.4, -0.2) is 34.1 Å². The highest BCUT2D eigenvalue weighted by molar-refractivity contribution is 6.00. The Morgan fingerprint density at radius 2 is 2.28 bits per heavy atom. The van der Waals surface area contributed by atoms with Gasteiger partial charge in [-0.3, -0.25) is 4.79 Å². The molecule has 2 atom stereocenters. The van der Waals surface area contributed by atoms with Crippen LogP contribution in [0.3, 0.4) is 0 Å². The van der Waals surface area contributed by atoms with Crippen LogP contribution < -0.4 is 0 Å². The maximum Gasteiger partial charge on any atom is 0.352 e. The van der Waals surface area contributed by atoms with Gasteiger partial charge in [0.15, 0.2) is 5.78 Å². The molecular weight excluding hydrogens is 234 g/mol. The van der Waals surface area contributed by atoms with Crippen molar-refractivity contribution in [3.8, 4) is 0 Å². The highest BCUT2D eigenvalue weighted by atomic mass is 16.5. The summed E-state index contributed by atoms with van der Waals surface area (Å²) in [5.74, 6) is -1.17. The van der Waals surface area contributed by atoms with E-state index in [9.17, 15) is 9.59 Å². The molecule has 1 aliphatic heterocycles. The minimum absolute atomic E-state index is 0.0116. The van der Waals surface area contributed by atoms with Crippen LogP contribution in [0.5, 0.6) is 0 Å². The van der Waals surface area contributed by atoms with Crippen molar-refractivity contribution in [1.82, 2.24) is 4.57 Å². The molecule has 2 rings (SSSR count). The van der Waals surface area contributed by atoms with Gasteiger partial charge in [-0.1, -0.05) is 6.92 Å². The lowest BCUT2D eigenvalue weighted by molar-refractivity contribution is 0.0682. The topological polar surface area (TPSA) is 68.5 Å². The van der Waals surface area contributed by atoms with Crippen molar-refractivity contribution in [3.63, 3.8) is 0 Å². The predicted molar refractivity (Wildman–Crippen MR) is 64.8 cm³/mol. The molecule has 2 unspecified atom stereocenters. The van der Waals surface area contributed by atoms with Gasteiger partial charge in [-0.2, -0.15) is 0 Å². The average Bonchev–Trinajstić information content (AvgIpc) is 2.93. The van der Waals surface area contributed by atoms with Crippen molar-refractivity contribution in [1.29, 1.82) is 0 Å². The monoisotopic (exact) mass is 251 g/mol. The van der Waals surface area contributed by atoms with Crippen LogP contribution in [0.1, 0.15) is 40.6 Å². The second kappa shape index (κ2) is 4.94. The van der Waals surface area contributed by atoms with E-state index in [0.29, 0.717) is 18.6 Å². The number of ether oxygens (including phenoxy) is 1. The fourth-order valence-corrected chi connectivity index (χ4v) is 2.48. The van der Waals surface area contributed by atoms with Gasteiger partial charge >= 0.3 is 5.97 Å². The lowest BCUT2D eigenvalue weighted by Gasteiger charge is -2.14. The van der Waals surface area contributed by atoms with Crippen molar-refractivity contribution in [2.75, 3.05) is 6.61 Å². The van der Waals surface area contributed by atoms with Crippen LogP contribution in [0, 0.1) is 5.92 Å². The first-order chi connectivity index (χ1) is 8.54. The van der Waals surface area contributed by atoms with Crippen LogP contribution in [0.2, 0.25) is 0 Å². The summed E-state index contributed by atoms with van der Waals surface area (Å²) in [6.45, 7) is 2.59. The van der Waals surface area contributed by atoms with Crippen LogP contribution in [0.15, 0.2) is 12.3 Å². The Bertz CT molecular complexity index is 477. The summed E-state index contributed by atoms with van der Waals surface area (Å²) in [5.41, 5.74) is 0.592. The number of aromatic carboxylic acids is 1. The zero-order valence-electron chi connectivity index (χ0n) is 10.5. The van der Waals surface area contributed by atoms with Gasteiger partial charge in [-0.15, -0.1) is 0 Å². The SMILES string of the molecule is CCC1OCCC1C(=O)c1cc(C(=O)O)n(C)c1. The van der Waals surface area contributed by atoms with E-state index in [-0.39, 0.29) is 23.5 Å². The third kappa shape index (κ3) is 2.18. The molecule has 98 valence electrons. The molecule has 18 heavy (non-hydrogen) atoms. The van der Waals surface area contributed by atoms with Crippen molar-refractivity contribution in [3.05, 3.63) is 23.5 Å². The first-order valence-electron chi connectivity index (χ1n) is 6.10. The van der Waals surface area contributed by atoms with Gasteiger partial charge in [0.05, 0.1) is 12.0 Å². The van der Waals surface area contributed by atoms with Gasteiger partial charge < -0.3 is 14.4 Å². The molecule has 0 aromatic carbocycles. The third-order valence-electron chi connectivity index (χ3n) is 3.46. The number of hydrogen-bond acceptors (Lipinski definition) is 3. The zero-order valence-corrected chi connectivity index (χ0v) is 10.5. The molecule has 5 heteroatoms. The molecule has 1 N–H and O–H groups in total. The Morgan fingerprint density at radius 3 is 2.83 bits per heavy atom. The first kappa shape index (κ1) is 12.8. The Balaban J connectivity index is 2.23. The van der Waals surface area contributed by atoms with Gasteiger partial charge in [0.2, 0.25) is 0 Å². The fraction of sp³-hybridized carbons (Fsp3) is 0.538. The van der Waals surface area contributed by atoms with Gasteiger partial charge in [-0.25, -0.2) is 4.79 Å². The lowest BCUT2D eigenvalue weighted by Crippen LogP contribution is -2.23. The quantitative estimate of drug-likeness (QED) is 0.827. The third-order valence-corrected chi connectivity index (χ3v) is 3.46. The first-order valence-corrected chi connectivity index (χ1v) is 6.10. The number of carbonyl (C=O) groups excluding carboxylic acids is 1. The Hall–Kier alpha value is -1.62. The van der Waals surface area contributed by atoms with Crippen LogP contribution in [0.4, 0.5) is 0 Å². The van der Waals surface area contributed by atoms with E-state index in [1.807, 2.05) is 6.92 Å². The van der Waals surface area contributed by atoms with Gasteiger partial charge in [0.1, 0.15) is 5.69 Å². The number of Topliss-reactive ketones (excluding diaryl/α,β-unsaturated/α-hetero) is 1. The number of aromatic nitrogens is 1. The van der Waals surface area contributed by atoms with E-state index >= 15 is 0 Å². The van der Waals surface area contributed by atoms with E-state index in [1.165, 1.54) is 10.6 Å². The molecular formula is C13H17NO4. The van der Waals surface area contributed by atoms with Crippen LogP contribution >= 0.6 is 0 Å². The summed E-state index contributed by atoms with van der Waals surface area (Å²) in [4.78, 5) is 23.3. The summed E-state index contributed by atoms with van der Waals surface area (Å²) in [6.07, 6.45) is 3.06. The molecule has 0 bridgehead atoms. The standard InChI is InChI=1S/C13H17NO4/c1-3-11-9(4-5-18-11)12(15)8-6-10(13(16)17)14(2)7-8/h6-7,9,11H,3-5H2,1-2H3,(H,16,17). The maximum absolute atomic E-state index is 12.3. The molecule has 1 aromatic rings. The van der Waals surface area contributed by atoms with Gasteiger partial charge in [0, 0.05) is 25.4 Å². The Labute approximate surface area is 105 Å². The van der Waals surface area contributed by atoms with Crippen molar-refractivity contribution < 1.29 is 19.4 Å². The molecule has 0 saturated carbocycles. The average molecular weight is 251 g/mol. The van der Waals surface area contributed by atoms with Crippen molar-refractivity contribution >= 4 is 11.8 Å². The van der Waals surface area contributed by atoms with Gasteiger partial charge in [-0.05, 0) is 18.9 Å². The molecule has 2 heterocycles. The number of carboxylic acids is 1. The summed E-state index contributed by atoms with van der Waals surface area (Å²) in [7, 11) is 1.63. The van der Waals surface area contributed by atoms with Crippen molar-refractivity contribution in [2.24, 2.45) is 13.0 Å². The zero-order chi connectivity index (χ0) is 13.3. The van der Waals surface area contributed by atoms with Crippen LogP contribution in [0.25, 0.3) is 0 Å². The Kier molecular flexibility index (Phi) is 3.52. The second-order valence-corrected chi connectivity index (χ2v) is 4.61. The number of carboxylic acid groups (broad SMARTS) is 1. The van der Waals surface area contributed by atoms with Gasteiger partial charge in [0.25, 0.3) is 0 Å².